The fourth-order valence-electron chi connectivity index (χ4n) is 2.68. The van der Waals surface area contributed by atoms with E-state index in [-0.39, 0.29) is 23.3 Å². The summed E-state index contributed by atoms with van der Waals surface area (Å²) in [5, 5.41) is 3.26. The Morgan fingerprint density at radius 1 is 0.889 bits per heavy atom. The van der Waals surface area contributed by atoms with Crippen molar-refractivity contribution in [1.29, 1.82) is 0 Å². The molecule has 0 radical (unpaired) electrons. The molecule has 0 saturated heterocycles. The van der Waals surface area contributed by atoms with Crippen molar-refractivity contribution in [3.63, 3.8) is 0 Å². The number of aryl methyl sites for hydroxylation is 1. The first-order chi connectivity index (χ1) is 12.9. The van der Waals surface area contributed by atoms with Gasteiger partial charge in [-0.05, 0) is 48.9 Å². The molecule has 6 heteroatoms. The van der Waals surface area contributed by atoms with Gasteiger partial charge in [-0.1, -0.05) is 48.0 Å². The van der Waals surface area contributed by atoms with E-state index in [0.29, 0.717) is 5.69 Å². The highest BCUT2D eigenvalue weighted by Gasteiger charge is 2.18. The van der Waals surface area contributed by atoms with Crippen LogP contribution in [-0.2, 0) is 10.0 Å². The number of halogens is 1. The van der Waals surface area contributed by atoms with Crippen molar-refractivity contribution in [2.45, 2.75) is 17.9 Å². The zero-order valence-corrected chi connectivity index (χ0v) is 15.7. The zero-order chi connectivity index (χ0) is 19.3. The molecule has 2 N–H and O–H groups in total. The number of rotatable bonds is 7. The maximum Gasteiger partial charge on any atom is 0.240 e. The van der Waals surface area contributed by atoms with Gasteiger partial charge in [-0.3, -0.25) is 0 Å². The third-order valence-electron chi connectivity index (χ3n) is 4.20. The van der Waals surface area contributed by atoms with Gasteiger partial charge in [-0.15, -0.1) is 0 Å². The minimum absolute atomic E-state index is 0.150. The minimum Gasteiger partial charge on any atom is -0.377 e. The fourth-order valence-corrected chi connectivity index (χ4v) is 3.73. The Labute approximate surface area is 159 Å². The molecule has 0 spiro atoms. The van der Waals surface area contributed by atoms with Gasteiger partial charge in [-0.25, -0.2) is 17.5 Å². The Hall–Kier alpha value is -2.70. The summed E-state index contributed by atoms with van der Waals surface area (Å²) in [6, 6.07) is 21.9. The quantitative estimate of drug-likeness (QED) is 0.640. The molecule has 0 amide bonds. The predicted octanol–water partition coefficient (Wildman–Crippen LogP) is 4.27. The van der Waals surface area contributed by atoms with Crippen LogP contribution in [0, 0.1) is 12.7 Å². The molecule has 3 aromatic rings. The van der Waals surface area contributed by atoms with E-state index >= 15 is 0 Å². The van der Waals surface area contributed by atoms with E-state index in [0.717, 1.165) is 11.1 Å². The van der Waals surface area contributed by atoms with Crippen LogP contribution in [0.15, 0.2) is 83.8 Å². The number of hydrogen-bond donors (Lipinski definition) is 2. The maximum atomic E-state index is 13.1. The van der Waals surface area contributed by atoms with Crippen molar-refractivity contribution in [3.05, 3.63) is 95.8 Å². The number of benzene rings is 3. The molecule has 0 aliphatic carbocycles. The van der Waals surface area contributed by atoms with Gasteiger partial charge in [0.1, 0.15) is 5.82 Å². The van der Waals surface area contributed by atoms with Crippen molar-refractivity contribution in [3.8, 4) is 0 Å². The Kier molecular flexibility index (Phi) is 5.88. The average molecular weight is 384 g/mol. The first-order valence-electron chi connectivity index (χ1n) is 8.57. The van der Waals surface area contributed by atoms with Crippen LogP contribution in [0.1, 0.15) is 17.2 Å². The van der Waals surface area contributed by atoms with Gasteiger partial charge in [-0.2, -0.15) is 0 Å². The maximum absolute atomic E-state index is 13.1. The van der Waals surface area contributed by atoms with Gasteiger partial charge in [0, 0.05) is 12.2 Å². The molecule has 0 saturated carbocycles. The largest absolute Gasteiger partial charge is 0.377 e. The average Bonchev–Trinajstić information content (AvgIpc) is 2.68. The highest BCUT2D eigenvalue weighted by Crippen LogP contribution is 2.20. The second-order valence-corrected chi connectivity index (χ2v) is 8.05. The highest BCUT2D eigenvalue weighted by atomic mass is 32.2. The SMILES string of the molecule is Cc1ccc(S(=O)(=O)NC[C@H](Nc2ccc(F)cc2)c2ccccc2)cc1. The molecule has 3 rings (SSSR count). The first-order valence-corrected chi connectivity index (χ1v) is 10.1. The molecule has 0 aliphatic heterocycles. The van der Waals surface area contributed by atoms with E-state index in [4.69, 9.17) is 0 Å². The van der Waals surface area contributed by atoms with Crippen molar-refractivity contribution < 1.29 is 12.8 Å². The number of hydrogen-bond acceptors (Lipinski definition) is 3. The van der Waals surface area contributed by atoms with Gasteiger partial charge in [0.15, 0.2) is 0 Å². The third-order valence-corrected chi connectivity index (χ3v) is 5.64. The summed E-state index contributed by atoms with van der Waals surface area (Å²) >= 11 is 0. The van der Waals surface area contributed by atoms with Gasteiger partial charge < -0.3 is 5.32 Å². The predicted molar refractivity (Wildman–Crippen MR) is 106 cm³/mol. The summed E-state index contributed by atoms with van der Waals surface area (Å²) in [6.45, 7) is 2.06. The van der Waals surface area contributed by atoms with E-state index in [1.54, 1.807) is 36.4 Å². The topological polar surface area (TPSA) is 58.2 Å². The van der Waals surface area contributed by atoms with E-state index in [9.17, 15) is 12.8 Å². The van der Waals surface area contributed by atoms with Gasteiger partial charge in [0.05, 0.1) is 10.9 Å². The van der Waals surface area contributed by atoms with E-state index in [1.165, 1.54) is 12.1 Å². The lowest BCUT2D eigenvalue weighted by Crippen LogP contribution is -2.31. The Bertz CT molecular complexity index is 973. The molecule has 3 aromatic carbocycles. The zero-order valence-electron chi connectivity index (χ0n) is 14.9. The van der Waals surface area contributed by atoms with Crippen molar-refractivity contribution >= 4 is 15.7 Å². The van der Waals surface area contributed by atoms with Crippen LogP contribution in [0.2, 0.25) is 0 Å². The monoisotopic (exact) mass is 384 g/mol. The molecule has 27 heavy (non-hydrogen) atoms. The van der Waals surface area contributed by atoms with Crippen LogP contribution in [0.3, 0.4) is 0 Å². The van der Waals surface area contributed by atoms with Crippen LogP contribution in [0.5, 0.6) is 0 Å². The molecule has 1 atom stereocenters. The molecule has 140 valence electrons. The summed E-state index contributed by atoms with van der Waals surface area (Å²) in [5.74, 6) is -0.322. The van der Waals surface area contributed by atoms with E-state index in [2.05, 4.69) is 10.0 Å². The van der Waals surface area contributed by atoms with Crippen LogP contribution in [0.4, 0.5) is 10.1 Å². The number of anilines is 1. The number of nitrogens with one attached hydrogen (secondary N) is 2. The normalized spacial score (nSPS) is 12.5. The lowest BCUT2D eigenvalue weighted by atomic mass is 10.1. The molecule has 4 nitrogen and oxygen atoms in total. The smallest absolute Gasteiger partial charge is 0.240 e. The van der Waals surface area contributed by atoms with E-state index in [1.807, 2.05) is 37.3 Å². The van der Waals surface area contributed by atoms with Crippen molar-refractivity contribution in [1.82, 2.24) is 4.72 Å². The van der Waals surface area contributed by atoms with Gasteiger partial charge in [0.2, 0.25) is 10.0 Å². The first kappa shape index (κ1) is 19.1. The molecule has 0 aromatic heterocycles. The fraction of sp³-hybridized carbons (Fsp3) is 0.143. The van der Waals surface area contributed by atoms with Gasteiger partial charge >= 0.3 is 0 Å². The highest BCUT2D eigenvalue weighted by molar-refractivity contribution is 7.89. The van der Waals surface area contributed by atoms with Crippen LogP contribution < -0.4 is 10.0 Å². The molecule has 0 heterocycles. The molecule has 0 bridgehead atoms. The van der Waals surface area contributed by atoms with Crippen LogP contribution in [-0.4, -0.2) is 15.0 Å². The summed E-state index contributed by atoms with van der Waals surface area (Å²) in [4.78, 5) is 0.224. The second kappa shape index (κ2) is 8.33. The summed E-state index contributed by atoms with van der Waals surface area (Å²) in [5.41, 5.74) is 2.63. The number of sulfonamides is 1. The van der Waals surface area contributed by atoms with E-state index < -0.39 is 10.0 Å². The standard InChI is InChI=1S/C21H21FN2O2S/c1-16-7-13-20(14-8-16)27(25,26)23-15-21(17-5-3-2-4-6-17)24-19-11-9-18(22)10-12-19/h2-14,21,23-24H,15H2,1H3/t21-/m0/s1. The Morgan fingerprint density at radius 2 is 1.52 bits per heavy atom. The lowest BCUT2D eigenvalue weighted by molar-refractivity contribution is 0.576. The Balaban J connectivity index is 1.79. The summed E-state index contributed by atoms with van der Waals surface area (Å²) in [6.07, 6.45) is 0. The van der Waals surface area contributed by atoms with Crippen molar-refractivity contribution in [2.24, 2.45) is 0 Å². The second-order valence-electron chi connectivity index (χ2n) is 6.28. The van der Waals surface area contributed by atoms with Crippen LogP contribution >= 0.6 is 0 Å². The molecular formula is C21H21FN2O2S. The van der Waals surface area contributed by atoms with Gasteiger partial charge in [0.25, 0.3) is 0 Å². The summed E-state index contributed by atoms with van der Waals surface area (Å²) in [7, 11) is -3.63. The molecule has 0 unspecified atom stereocenters. The summed E-state index contributed by atoms with van der Waals surface area (Å²) < 4.78 is 41.0. The third kappa shape index (κ3) is 5.15. The minimum atomic E-state index is -3.63. The molecule has 0 fully saturated rings. The molecule has 0 aliphatic rings. The Morgan fingerprint density at radius 3 is 2.15 bits per heavy atom. The molecular weight excluding hydrogens is 363 g/mol. The van der Waals surface area contributed by atoms with Crippen LogP contribution in [0.25, 0.3) is 0 Å². The van der Waals surface area contributed by atoms with Crippen molar-refractivity contribution in [2.75, 3.05) is 11.9 Å². The lowest BCUT2D eigenvalue weighted by Gasteiger charge is -2.21.